The topological polar surface area (TPSA) is 21.3 Å². The van der Waals surface area contributed by atoms with E-state index in [-0.39, 0.29) is 0 Å². The van der Waals surface area contributed by atoms with Crippen LogP contribution in [-0.2, 0) is 0 Å². The molecule has 0 spiro atoms. The van der Waals surface area contributed by atoms with E-state index < -0.39 is 0 Å². The third-order valence-corrected chi connectivity index (χ3v) is 3.66. The van der Waals surface area contributed by atoms with Crippen LogP contribution in [0.1, 0.15) is 64.0 Å². The lowest BCUT2D eigenvalue weighted by atomic mass is 9.98. The summed E-state index contributed by atoms with van der Waals surface area (Å²) in [5.74, 6) is 1.58. The van der Waals surface area contributed by atoms with Gasteiger partial charge in [0.1, 0.15) is 5.75 Å². The second kappa shape index (κ2) is 9.02. The van der Waals surface area contributed by atoms with Crippen molar-refractivity contribution in [1.29, 1.82) is 0 Å². The zero-order valence-corrected chi connectivity index (χ0v) is 13.8. The Kier molecular flexibility index (Phi) is 7.68. The summed E-state index contributed by atoms with van der Waals surface area (Å²) in [5.41, 5.74) is 2.74. The summed E-state index contributed by atoms with van der Waals surface area (Å²) in [7, 11) is 0. The SMILES string of the molecule is CCCNC(C)CCCOc1ccc(C(C)C)c(C)c1. The lowest BCUT2D eigenvalue weighted by molar-refractivity contribution is 0.297. The van der Waals surface area contributed by atoms with Gasteiger partial charge in [-0.2, -0.15) is 0 Å². The van der Waals surface area contributed by atoms with Gasteiger partial charge in [-0.3, -0.25) is 0 Å². The summed E-state index contributed by atoms with van der Waals surface area (Å²) >= 11 is 0. The van der Waals surface area contributed by atoms with Gasteiger partial charge >= 0.3 is 0 Å². The zero-order chi connectivity index (χ0) is 15.0. The van der Waals surface area contributed by atoms with E-state index in [0.29, 0.717) is 12.0 Å². The number of aryl methyl sites for hydroxylation is 1. The molecule has 1 aromatic rings. The van der Waals surface area contributed by atoms with Gasteiger partial charge in [-0.1, -0.05) is 26.8 Å². The fraction of sp³-hybridized carbons (Fsp3) is 0.667. The average molecular weight is 277 g/mol. The second-order valence-electron chi connectivity index (χ2n) is 6.02. The highest BCUT2D eigenvalue weighted by Gasteiger charge is 2.05. The minimum atomic E-state index is 0.578. The second-order valence-corrected chi connectivity index (χ2v) is 6.02. The molecule has 0 fully saturated rings. The van der Waals surface area contributed by atoms with Crippen LogP contribution in [0.5, 0.6) is 5.75 Å². The Labute approximate surface area is 124 Å². The highest BCUT2D eigenvalue weighted by molar-refractivity contribution is 5.36. The van der Waals surface area contributed by atoms with Gasteiger partial charge in [0.05, 0.1) is 6.61 Å². The van der Waals surface area contributed by atoms with E-state index in [1.165, 1.54) is 24.0 Å². The number of nitrogens with one attached hydrogen (secondary N) is 1. The van der Waals surface area contributed by atoms with Crippen molar-refractivity contribution in [3.63, 3.8) is 0 Å². The smallest absolute Gasteiger partial charge is 0.119 e. The standard InChI is InChI=1S/C18H31NO/c1-6-11-19-16(5)8-7-12-20-17-9-10-18(14(2)3)15(4)13-17/h9-10,13-14,16,19H,6-8,11-12H2,1-5H3. The van der Waals surface area contributed by atoms with Crippen LogP contribution in [0.15, 0.2) is 18.2 Å². The number of benzene rings is 1. The van der Waals surface area contributed by atoms with Gasteiger partial charge in [0.2, 0.25) is 0 Å². The Hall–Kier alpha value is -1.02. The molecule has 1 atom stereocenters. The van der Waals surface area contributed by atoms with Crippen molar-refractivity contribution in [3.05, 3.63) is 29.3 Å². The van der Waals surface area contributed by atoms with E-state index in [9.17, 15) is 0 Å². The van der Waals surface area contributed by atoms with Crippen LogP contribution in [-0.4, -0.2) is 19.2 Å². The largest absolute Gasteiger partial charge is 0.494 e. The number of ether oxygens (including phenoxy) is 1. The van der Waals surface area contributed by atoms with Crippen LogP contribution in [0.25, 0.3) is 0 Å². The van der Waals surface area contributed by atoms with E-state index in [1.54, 1.807) is 0 Å². The minimum Gasteiger partial charge on any atom is -0.494 e. The molecule has 0 saturated carbocycles. The molecule has 0 bridgehead atoms. The maximum Gasteiger partial charge on any atom is 0.119 e. The summed E-state index contributed by atoms with van der Waals surface area (Å²) in [6.45, 7) is 13.0. The van der Waals surface area contributed by atoms with Crippen molar-refractivity contribution in [3.8, 4) is 5.75 Å². The third-order valence-electron chi connectivity index (χ3n) is 3.66. The van der Waals surface area contributed by atoms with Gasteiger partial charge in [-0.15, -0.1) is 0 Å². The molecule has 0 aliphatic heterocycles. The molecule has 0 heterocycles. The Morgan fingerprint density at radius 3 is 2.55 bits per heavy atom. The van der Waals surface area contributed by atoms with Crippen molar-refractivity contribution in [2.45, 2.75) is 65.8 Å². The van der Waals surface area contributed by atoms with Crippen molar-refractivity contribution >= 4 is 0 Å². The Balaban J connectivity index is 2.30. The summed E-state index contributed by atoms with van der Waals surface area (Å²) < 4.78 is 5.85. The first-order valence-corrected chi connectivity index (χ1v) is 8.01. The van der Waals surface area contributed by atoms with E-state index >= 15 is 0 Å². The van der Waals surface area contributed by atoms with Crippen LogP contribution >= 0.6 is 0 Å². The first kappa shape index (κ1) is 17.0. The molecule has 1 rings (SSSR count). The fourth-order valence-electron chi connectivity index (χ4n) is 2.46. The predicted octanol–water partition coefficient (Wildman–Crippen LogP) is 4.67. The highest BCUT2D eigenvalue weighted by Crippen LogP contribution is 2.23. The summed E-state index contributed by atoms with van der Waals surface area (Å²) in [6, 6.07) is 7.04. The molecule has 20 heavy (non-hydrogen) atoms. The number of hydrogen-bond acceptors (Lipinski definition) is 2. The van der Waals surface area contributed by atoms with Crippen LogP contribution < -0.4 is 10.1 Å². The third kappa shape index (κ3) is 5.96. The van der Waals surface area contributed by atoms with Crippen LogP contribution in [0, 0.1) is 6.92 Å². The monoisotopic (exact) mass is 277 g/mol. The van der Waals surface area contributed by atoms with Crippen molar-refractivity contribution in [2.75, 3.05) is 13.2 Å². The Morgan fingerprint density at radius 2 is 1.95 bits per heavy atom. The van der Waals surface area contributed by atoms with Gasteiger partial charge in [0.15, 0.2) is 0 Å². The zero-order valence-electron chi connectivity index (χ0n) is 13.8. The molecule has 0 aliphatic carbocycles. The molecule has 114 valence electrons. The molecule has 0 radical (unpaired) electrons. The Morgan fingerprint density at radius 1 is 1.20 bits per heavy atom. The summed E-state index contributed by atoms with van der Waals surface area (Å²) in [5, 5.41) is 3.50. The summed E-state index contributed by atoms with van der Waals surface area (Å²) in [6.07, 6.45) is 3.47. The van der Waals surface area contributed by atoms with Crippen molar-refractivity contribution < 1.29 is 4.74 Å². The van der Waals surface area contributed by atoms with Crippen molar-refractivity contribution in [1.82, 2.24) is 5.32 Å². The van der Waals surface area contributed by atoms with E-state index in [2.05, 4.69) is 58.1 Å². The van der Waals surface area contributed by atoms with E-state index in [1.807, 2.05) is 0 Å². The van der Waals surface area contributed by atoms with Crippen LogP contribution in [0.2, 0.25) is 0 Å². The lowest BCUT2D eigenvalue weighted by Crippen LogP contribution is -2.26. The molecule has 0 aliphatic rings. The normalized spacial score (nSPS) is 12.7. The van der Waals surface area contributed by atoms with Crippen molar-refractivity contribution in [2.24, 2.45) is 0 Å². The van der Waals surface area contributed by atoms with Gasteiger partial charge in [0, 0.05) is 6.04 Å². The molecular formula is C18H31NO. The first-order chi connectivity index (χ1) is 9.54. The molecule has 0 amide bonds. The van der Waals surface area contributed by atoms with Gasteiger partial charge in [-0.25, -0.2) is 0 Å². The number of hydrogen-bond donors (Lipinski definition) is 1. The van der Waals surface area contributed by atoms with E-state index in [4.69, 9.17) is 4.74 Å². The molecule has 1 aromatic carbocycles. The average Bonchev–Trinajstić information content (AvgIpc) is 2.41. The molecule has 0 aromatic heterocycles. The first-order valence-electron chi connectivity index (χ1n) is 8.01. The molecular weight excluding hydrogens is 246 g/mol. The molecule has 2 nitrogen and oxygen atoms in total. The maximum atomic E-state index is 5.85. The highest BCUT2D eigenvalue weighted by atomic mass is 16.5. The summed E-state index contributed by atoms with van der Waals surface area (Å²) in [4.78, 5) is 0. The fourth-order valence-corrected chi connectivity index (χ4v) is 2.46. The van der Waals surface area contributed by atoms with Gasteiger partial charge in [0.25, 0.3) is 0 Å². The molecule has 1 N–H and O–H groups in total. The quantitative estimate of drug-likeness (QED) is 0.663. The molecule has 2 heteroatoms. The molecule has 1 unspecified atom stereocenters. The Bertz CT molecular complexity index is 387. The lowest BCUT2D eigenvalue weighted by Gasteiger charge is -2.14. The number of rotatable bonds is 9. The van der Waals surface area contributed by atoms with Crippen LogP contribution in [0.4, 0.5) is 0 Å². The van der Waals surface area contributed by atoms with Gasteiger partial charge < -0.3 is 10.1 Å². The molecule has 0 saturated heterocycles. The van der Waals surface area contributed by atoms with Gasteiger partial charge in [-0.05, 0) is 68.8 Å². The minimum absolute atomic E-state index is 0.578. The maximum absolute atomic E-state index is 5.85. The van der Waals surface area contributed by atoms with E-state index in [0.717, 1.165) is 25.3 Å². The predicted molar refractivity (Wildman–Crippen MR) is 87.8 cm³/mol. The van der Waals surface area contributed by atoms with Crippen LogP contribution in [0.3, 0.4) is 0 Å².